The highest BCUT2D eigenvalue weighted by Crippen LogP contribution is 2.22. The molecular weight excluding hydrogens is 178 g/mol. The lowest BCUT2D eigenvalue weighted by Gasteiger charge is -2.08. The molecule has 0 unspecified atom stereocenters. The van der Waals surface area contributed by atoms with E-state index in [1.54, 1.807) is 4.68 Å². The van der Waals surface area contributed by atoms with E-state index in [9.17, 15) is 5.11 Å². The second-order valence-electron chi connectivity index (χ2n) is 3.28. The van der Waals surface area contributed by atoms with E-state index in [1.807, 2.05) is 31.3 Å². The summed E-state index contributed by atoms with van der Waals surface area (Å²) in [6.45, 7) is 0.212. The summed E-state index contributed by atoms with van der Waals surface area (Å²) in [5.41, 5.74) is 7.10. The molecule has 1 atom stereocenters. The zero-order valence-corrected chi connectivity index (χ0v) is 8.01. The Morgan fingerprint density at radius 3 is 2.93 bits per heavy atom. The van der Waals surface area contributed by atoms with Crippen molar-refractivity contribution in [3.63, 3.8) is 0 Å². The van der Waals surface area contributed by atoms with Crippen LogP contribution in [0.3, 0.4) is 0 Å². The monoisotopic (exact) mass is 191 g/mol. The van der Waals surface area contributed by atoms with Crippen LogP contribution in [0.15, 0.2) is 24.3 Å². The van der Waals surface area contributed by atoms with E-state index in [4.69, 9.17) is 5.73 Å². The van der Waals surface area contributed by atoms with Gasteiger partial charge in [-0.25, -0.2) is 0 Å². The lowest BCUT2D eigenvalue weighted by atomic mass is 10.1. The van der Waals surface area contributed by atoms with Crippen LogP contribution in [0.4, 0.5) is 0 Å². The predicted octanol–water partition coefficient (Wildman–Crippen LogP) is 0.565. The Bertz CT molecular complexity index is 450. The van der Waals surface area contributed by atoms with E-state index in [0.29, 0.717) is 0 Å². The molecule has 14 heavy (non-hydrogen) atoms. The van der Waals surface area contributed by atoms with Crippen molar-refractivity contribution in [3.05, 3.63) is 30.0 Å². The molecule has 3 N–H and O–H groups in total. The van der Waals surface area contributed by atoms with Crippen LogP contribution >= 0.6 is 0 Å². The number of aliphatic hydroxyl groups excluding tert-OH is 1. The molecule has 1 aromatic heterocycles. The van der Waals surface area contributed by atoms with Crippen LogP contribution in [0.25, 0.3) is 10.9 Å². The highest BCUT2D eigenvalue weighted by molar-refractivity contribution is 5.81. The van der Waals surface area contributed by atoms with Gasteiger partial charge in [-0.05, 0) is 6.07 Å². The molecule has 0 aliphatic rings. The second kappa shape index (κ2) is 3.40. The molecule has 74 valence electrons. The molecule has 0 aliphatic carbocycles. The normalized spacial score (nSPS) is 13.4. The summed E-state index contributed by atoms with van der Waals surface area (Å²) >= 11 is 0. The largest absolute Gasteiger partial charge is 0.385 e. The third-order valence-corrected chi connectivity index (χ3v) is 2.33. The van der Waals surface area contributed by atoms with E-state index in [2.05, 4.69) is 5.10 Å². The van der Waals surface area contributed by atoms with Crippen molar-refractivity contribution in [2.24, 2.45) is 12.8 Å². The Labute approximate surface area is 81.9 Å². The van der Waals surface area contributed by atoms with Crippen LogP contribution in [0.2, 0.25) is 0 Å². The first-order valence-corrected chi connectivity index (χ1v) is 4.54. The quantitative estimate of drug-likeness (QED) is 0.729. The average Bonchev–Trinajstić information content (AvgIpc) is 2.53. The molecule has 0 saturated heterocycles. The van der Waals surface area contributed by atoms with Crippen LogP contribution in [-0.2, 0) is 7.05 Å². The number of nitrogens with zero attached hydrogens (tertiary/aromatic N) is 2. The molecule has 0 fully saturated rings. The number of aromatic nitrogens is 2. The van der Waals surface area contributed by atoms with Gasteiger partial charge in [0.05, 0.1) is 11.2 Å². The van der Waals surface area contributed by atoms with Crippen molar-refractivity contribution in [2.75, 3.05) is 6.54 Å². The van der Waals surface area contributed by atoms with Gasteiger partial charge in [0.25, 0.3) is 0 Å². The molecule has 1 aromatic carbocycles. The summed E-state index contributed by atoms with van der Waals surface area (Å²) in [5, 5.41) is 15.0. The number of aryl methyl sites for hydroxylation is 1. The summed E-state index contributed by atoms with van der Waals surface area (Å²) in [6.07, 6.45) is -0.646. The van der Waals surface area contributed by atoms with Gasteiger partial charge in [-0.2, -0.15) is 5.10 Å². The lowest BCUT2D eigenvalue weighted by Crippen LogP contribution is -2.15. The molecule has 4 nitrogen and oxygen atoms in total. The van der Waals surface area contributed by atoms with Gasteiger partial charge in [0.15, 0.2) is 0 Å². The highest BCUT2D eigenvalue weighted by atomic mass is 16.3. The predicted molar refractivity (Wildman–Crippen MR) is 54.7 cm³/mol. The first kappa shape index (κ1) is 9.18. The molecule has 0 saturated carbocycles. The van der Waals surface area contributed by atoms with Crippen LogP contribution in [0.5, 0.6) is 0 Å². The minimum atomic E-state index is -0.646. The SMILES string of the molecule is Cn1nc2ccccc2c1[C@H](O)CN. The Morgan fingerprint density at radius 1 is 1.50 bits per heavy atom. The summed E-state index contributed by atoms with van der Waals surface area (Å²) in [6, 6.07) is 7.71. The standard InChI is InChI=1S/C10H13N3O/c1-13-10(9(14)6-11)7-4-2-3-5-8(7)12-13/h2-5,9,14H,6,11H2,1H3/t9-/m1/s1. The van der Waals surface area contributed by atoms with E-state index in [1.165, 1.54) is 0 Å². The van der Waals surface area contributed by atoms with Gasteiger partial charge >= 0.3 is 0 Å². The van der Waals surface area contributed by atoms with Gasteiger partial charge in [-0.3, -0.25) is 4.68 Å². The summed E-state index contributed by atoms with van der Waals surface area (Å²) in [5.74, 6) is 0. The van der Waals surface area contributed by atoms with Crippen molar-refractivity contribution in [3.8, 4) is 0 Å². The van der Waals surface area contributed by atoms with Crippen molar-refractivity contribution in [1.29, 1.82) is 0 Å². The Morgan fingerprint density at radius 2 is 2.21 bits per heavy atom. The van der Waals surface area contributed by atoms with E-state index < -0.39 is 6.10 Å². The highest BCUT2D eigenvalue weighted by Gasteiger charge is 2.14. The van der Waals surface area contributed by atoms with Crippen molar-refractivity contribution in [1.82, 2.24) is 9.78 Å². The Balaban J connectivity index is 2.67. The lowest BCUT2D eigenvalue weighted by molar-refractivity contribution is 0.178. The molecule has 2 aromatic rings. The summed E-state index contributed by atoms with van der Waals surface area (Å²) < 4.78 is 1.68. The number of nitrogens with two attached hydrogens (primary N) is 1. The van der Waals surface area contributed by atoms with E-state index in [-0.39, 0.29) is 6.54 Å². The maximum Gasteiger partial charge on any atom is 0.108 e. The van der Waals surface area contributed by atoms with Crippen molar-refractivity contribution < 1.29 is 5.11 Å². The number of rotatable bonds is 2. The molecule has 0 radical (unpaired) electrons. The van der Waals surface area contributed by atoms with Crippen LogP contribution in [0, 0.1) is 0 Å². The minimum Gasteiger partial charge on any atom is -0.385 e. The van der Waals surface area contributed by atoms with Crippen LogP contribution < -0.4 is 5.73 Å². The molecule has 4 heteroatoms. The molecule has 0 bridgehead atoms. The van der Waals surface area contributed by atoms with Crippen molar-refractivity contribution in [2.45, 2.75) is 6.10 Å². The summed E-state index contributed by atoms with van der Waals surface area (Å²) in [4.78, 5) is 0. The maximum absolute atomic E-state index is 9.71. The van der Waals surface area contributed by atoms with Gasteiger partial charge in [0.2, 0.25) is 0 Å². The fourth-order valence-electron chi connectivity index (χ4n) is 1.67. The first-order chi connectivity index (χ1) is 6.74. The first-order valence-electron chi connectivity index (χ1n) is 4.54. The molecule has 0 aliphatic heterocycles. The van der Waals surface area contributed by atoms with Gasteiger partial charge in [-0.15, -0.1) is 0 Å². The van der Waals surface area contributed by atoms with Crippen molar-refractivity contribution >= 4 is 10.9 Å². The number of hydrogen-bond acceptors (Lipinski definition) is 3. The molecule has 0 amide bonds. The number of hydrogen-bond donors (Lipinski definition) is 2. The van der Waals surface area contributed by atoms with Gasteiger partial charge in [0, 0.05) is 19.0 Å². The molecular formula is C10H13N3O. The fourth-order valence-corrected chi connectivity index (χ4v) is 1.67. The van der Waals surface area contributed by atoms with Gasteiger partial charge in [-0.1, -0.05) is 18.2 Å². The Kier molecular flexibility index (Phi) is 2.23. The van der Waals surface area contributed by atoms with E-state index in [0.717, 1.165) is 16.6 Å². The van der Waals surface area contributed by atoms with Gasteiger partial charge in [0.1, 0.15) is 6.10 Å². The Hall–Kier alpha value is -1.39. The molecule has 0 spiro atoms. The summed E-state index contributed by atoms with van der Waals surface area (Å²) in [7, 11) is 1.81. The maximum atomic E-state index is 9.71. The fraction of sp³-hybridized carbons (Fsp3) is 0.300. The number of fused-ring (bicyclic) bond motifs is 1. The minimum absolute atomic E-state index is 0.212. The van der Waals surface area contributed by atoms with Gasteiger partial charge < -0.3 is 10.8 Å². The number of aliphatic hydroxyl groups is 1. The topological polar surface area (TPSA) is 64.1 Å². The van der Waals surface area contributed by atoms with E-state index >= 15 is 0 Å². The number of benzene rings is 1. The third-order valence-electron chi connectivity index (χ3n) is 2.33. The smallest absolute Gasteiger partial charge is 0.108 e. The zero-order valence-electron chi connectivity index (χ0n) is 8.01. The average molecular weight is 191 g/mol. The zero-order chi connectivity index (χ0) is 10.1. The third kappa shape index (κ3) is 1.29. The second-order valence-corrected chi connectivity index (χ2v) is 3.28. The molecule has 1 heterocycles. The molecule has 2 rings (SSSR count). The van der Waals surface area contributed by atoms with Crippen LogP contribution in [-0.4, -0.2) is 21.4 Å². The van der Waals surface area contributed by atoms with Crippen LogP contribution in [0.1, 0.15) is 11.8 Å².